The van der Waals surface area contributed by atoms with Gasteiger partial charge in [0.25, 0.3) is 0 Å². The van der Waals surface area contributed by atoms with Crippen LogP contribution < -0.4 is 5.32 Å². The lowest BCUT2D eigenvalue weighted by Crippen LogP contribution is -2.25. The largest absolute Gasteiger partial charge is 0.347 e. The number of hydrogen-bond donors (Lipinski definition) is 1. The van der Waals surface area contributed by atoms with E-state index >= 15 is 0 Å². The molecule has 0 unspecified atom stereocenters. The molecule has 0 aromatic heterocycles. The summed E-state index contributed by atoms with van der Waals surface area (Å²) in [6.07, 6.45) is 10.6. The molecule has 2 heteroatoms. The third-order valence-electron chi connectivity index (χ3n) is 3.26. The van der Waals surface area contributed by atoms with E-state index in [1.807, 2.05) is 0 Å². The van der Waals surface area contributed by atoms with Crippen LogP contribution in [0.5, 0.6) is 0 Å². The second-order valence-electron chi connectivity index (χ2n) is 4.18. The zero-order valence-corrected chi connectivity index (χ0v) is 8.42. The number of nitrogens with one attached hydrogen (secondary N) is 1. The van der Waals surface area contributed by atoms with Crippen LogP contribution in [0.3, 0.4) is 0 Å². The van der Waals surface area contributed by atoms with Gasteiger partial charge in [-0.1, -0.05) is 12.2 Å². The zero-order valence-electron chi connectivity index (χ0n) is 8.42. The van der Waals surface area contributed by atoms with Gasteiger partial charge in [-0.05, 0) is 30.4 Å². The maximum atomic E-state index is 3.48. The van der Waals surface area contributed by atoms with Crippen molar-refractivity contribution >= 4 is 0 Å². The van der Waals surface area contributed by atoms with E-state index < -0.39 is 0 Å². The highest BCUT2D eigenvalue weighted by Gasteiger charge is 2.23. The quantitative estimate of drug-likeness (QED) is 0.623. The molecule has 2 heterocycles. The Labute approximate surface area is 85.0 Å². The van der Waals surface area contributed by atoms with Gasteiger partial charge < -0.3 is 10.2 Å². The van der Waals surface area contributed by atoms with Crippen molar-refractivity contribution in [1.29, 1.82) is 0 Å². The topological polar surface area (TPSA) is 15.3 Å². The van der Waals surface area contributed by atoms with Crippen molar-refractivity contribution in [3.63, 3.8) is 0 Å². The van der Waals surface area contributed by atoms with Crippen LogP contribution in [0, 0.1) is 0 Å². The van der Waals surface area contributed by atoms with Crippen molar-refractivity contribution in [2.45, 2.75) is 19.3 Å². The fourth-order valence-corrected chi connectivity index (χ4v) is 2.61. The first-order chi connectivity index (χ1) is 6.95. The number of rotatable bonds is 0. The van der Waals surface area contributed by atoms with Gasteiger partial charge in [0.2, 0.25) is 0 Å². The summed E-state index contributed by atoms with van der Waals surface area (Å²) in [6, 6.07) is 0. The van der Waals surface area contributed by atoms with Gasteiger partial charge in [0.15, 0.2) is 0 Å². The highest BCUT2D eigenvalue weighted by molar-refractivity contribution is 5.42. The van der Waals surface area contributed by atoms with E-state index in [2.05, 4.69) is 28.6 Å². The molecule has 14 heavy (non-hydrogen) atoms. The molecule has 1 aliphatic carbocycles. The molecule has 0 amide bonds. The normalized spacial score (nSPS) is 25.7. The predicted octanol–water partition coefficient (Wildman–Crippen LogP) is 1.78. The average Bonchev–Trinajstić information content (AvgIpc) is 2.44. The van der Waals surface area contributed by atoms with E-state index in [4.69, 9.17) is 0 Å². The molecule has 0 aromatic carbocycles. The number of allylic oxidation sites excluding steroid dienone is 3. The Kier molecular flexibility index (Phi) is 1.95. The van der Waals surface area contributed by atoms with E-state index in [-0.39, 0.29) is 0 Å². The third kappa shape index (κ3) is 1.22. The Balaban J connectivity index is 2.05. The highest BCUT2D eigenvalue weighted by atomic mass is 15.2. The lowest BCUT2D eigenvalue weighted by atomic mass is 9.91. The third-order valence-corrected chi connectivity index (χ3v) is 3.26. The van der Waals surface area contributed by atoms with Crippen LogP contribution in [0.2, 0.25) is 0 Å². The van der Waals surface area contributed by atoms with Gasteiger partial charge in [0.05, 0.1) is 0 Å². The molecular weight excluding hydrogens is 172 g/mol. The lowest BCUT2D eigenvalue weighted by molar-refractivity contribution is 0.464. The SMILES string of the molecule is C1=CN2CCNCC3=CCCC(=C32)C1. The molecule has 0 spiro atoms. The molecule has 3 aliphatic rings. The van der Waals surface area contributed by atoms with E-state index in [9.17, 15) is 0 Å². The summed E-state index contributed by atoms with van der Waals surface area (Å²) in [5, 5.41) is 3.48. The van der Waals surface area contributed by atoms with Crippen molar-refractivity contribution < 1.29 is 0 Å². The summed E-state index contributed by atoms with van der Waals surface area (Å²) in [5.41, 5.74) is 4.70. The Morgan fingerprint density at radius 2 is 2.36 bits per heavy atom. The van der Waals surface area contributed by atoms with Crippen LogP contribution in [0.4, 0.5) is 0 Å². The molecule has 2 aliphatic heterocycles. The second-order valence-corrected chi connectivity index (χ2v) is 4.18. The first kappa shape index (κ1) is 8.30. The lowest BCUT2D eigenvalue weighted by Gasteiger charge is -2.31. The van der Waals surface area contributed by atoms with Crippen LogP contribution in [0.1, 0.15) is 19.3 Å². The van der Waals surface area contributed by atoms with Gasteiger partial charge >= 0.3 is 0 Å². The van der Waals surface area contributed by atoms with Crippen LogP contribution in [0.25, 0.3) is 0 Å². The molecule has 0 radical (unpaired) electrons. The summed E-state index contributed by atoms with van der Waals surface area (Å²) in [4.78, 5) is 2.42. The summed E-state index contributed by atoms with van der Waals surface area (Å²) in [6.45, 7) is 3.27. The van der Waals surface area contributed by atoms with Crippen molar-refractivity contribution in [3.8, 4) is 0 Å². The molecule has 0 atom stereocenters. The Morgan fingerprint density at radius 3 is 3.36 bits per heavy atom. The number of nitrogens with zero attached hydrogens (tertiary/aromatic N) is 1. The van der Waals surface area contributed by atoms with Gasteiger partial charge in [0, 0.05) is 31.5 Å². The minimum Gasteiger partial charge on any atom is -0.347 e. The maximum Gasteiger partial charge on any atom is 0.0444 e. The van der Waals surface area contributed by atoms with Crippen LogP contribution in [-0.2, 0) is 0 Å². The molecule has 2 nitrogen and oxygen atoms in total. The molecule has 74 valence electrons. The molecule has 0 aromatic rings. The van der Waals surface area contributed by atoms with E-state index in [1.165, 1.54) is 30.5 Å². The fraction of sp³-hybridized carbons (Fsp3) is 0.500. The minimum absolute atomic E-state index is 1.06. The zero-order chi connectivity index (χ0) is 9.38. The summed E-state index contributed by atoms with van der Waals surface area (Å²) in [7, 11) is 0. The molecule has 0 saturated carbocycles. The molecule has 1 saturated heterocycles. The minimum atomic E-state index is 1.06. The van der Waals surface area contributed by atoms with E-state index in [1.54, 1.807) is 5.57 Å². The average molecular weight is 188 g/mol. The van der Waals surface area contributed by atoms with Gasteiger partial charge in [-0.15, -0.1) is 0 Å². The van der Waals surface area contributed by atoms with E-state index in [0.29, 0.717) is 0 Å². The summed E-state index contributed by atoms with van der Waals surface area (Å²) in [5.74, 6) is 0. The molecule has 1 fully saturated rings. The smallest absolute Gasteiger partial charge is 0.0444 e. The standard InChI is InChI=1S/C12H16N2/c1-3-10-5-2-7-14-8-6-13-9-11(4-1)12(10)14/h2,4,7,13H,1,3,5-6,8-9H2. The van der Waals surface area contributed by atoms with Crippen LogP contribution in [0.15, 0.2) is 35.2 Å². The Hall–Kier alpha value is -1.02. The number of hydrogen-bond acceptors (Lipinski definition) is 2. The van der Waals surface area contributed by atoms with E-state index in [0.717, 1.165) is 19.6 Å². The molecule has 1 N–H and O–H groups in total. The van der Waals surface area contributed by atoms with Gasteiger partial charge in [-0.3, -0.25) is 0 Å². The molecule has 3 rings (SSSR count). The van der Waals surface area contributed by atoms with Crippen molar-refractivity contribution in [2.75, 3.05) is 19.6 Å². The van der Waals surface area contributed by atoms with Gasteiger partial charge in [0.1, 0.15) is 0 Å². The Bertz CT molecular complexity index is 336. The van der Waals surface area contributed by atoms with Crippen molar-refractivity contribution in [1.82, 2.24) is 10.2 Å². The fourth-order valence-electron chi connectivity index (χ4n) is 2.61. The monoisotopic (exact) mass is 188 g/mol. The second kappa shape index (κ2) is 3.28. The maximum absolute atomic E-state index is 3.48. The van der Waals surface area contributed by atoms with Crippen molar-refractivity contribution in [2.24, 2.45) is 0 Å². The predicted molar refractivity (Wildman–Crippen MR) is 57.7 cm³/mol. The van der Waals surface area contributed by atoms with Crippen molar-refractivity contribution in [3.05, 3.63) is 35.2 Å². The molecular formula is C12H16N2. The highest BCUT2D eigenvalue weighted by Crippen LogP contribution is 2.33. The Morgan fingerprint density at radius 1 is 1.36 bits per heavy atom. The van der Waals surface area contributed by atoms with Gasteiger partial charge in [-0.2, -0.15) is 0 Å². The van der Waals surface area contributed by atoms with Crippen LogP contribution in [-0.4, -0.2) is 24.5 Å². The summed E-state index contributed by atoms with van der Waals surface area (Å²) >= 11 is 0. The van der Waals surface area contributed by atoms with Gasteiger partial charge in [-0.25, -0.2) is 0 Å². The summed E-state index contributed by atoms with van der Waals surface area (Å²) < 4.78 is 0. The first-order valence-electron chi connectivity index (χ1n) is 5.50. The first-order valence-corrected chi connectivity index (χ1v) is 5.50. The van der Waals surface area contributed by atoms with Crippen LogP contribution >= 0.6 is 0 Å². The molecule has 0 bridgehead atoms.